The highest BCUT2D eigenvalue weighted by atomic mass is 16.6. The second-order valence-corrected chi connectivity index (χ2v) is 5.91. The predicted molar refractivity (Wildman–Crippen MR) is 86.0 cm³/mol. The minimum Gasteiger partial charge on any atom is -0.481 e. The molecule has 1 aromatic rings. The molecule has 0 atom stereocenters. The number of carbonyl (C=O) groups is 1. The third-order valence-corrected chi connectivity index (χ3v) is 2.89. The van der Waals surface area contributed by atoms with Gasteiger partial charge in [-0.2, -0.15) is 0 Å². The van der Waals surface area contributed by atoms with Crippen LogP contribution in [0, 0.1) is 0 Å². The fourth-order valence-corrected chi connectivity index (χ4v) is 1.81. The first-order chi connectivity index (χ1) is 10.4. The fourth-order valence-electron chi connectivity index (χ4n) is 1.81. The van der Waals surface area contributed by atoms with Crippen molar-refractivity contribution in [2.24, 2.45) is 0 Å². The van der Waals surface area contributed by atoms with E-state index in [1.807, 2.05) is 45.9 Å². The summed E-state index contributed by atoms with van der Waals surface area (Å²) in [6, 6.07) is 5.65. The third-order valence-electron chi connectivity index (χ3n) is 2.89. The van der Waals surface area contributed by atoms with Crippen molar-refractivity contribution in [2.45, 2.75) is 39.8 Å². The number of likely N-dealkylation sites (N-methyl/N-ethyl adjacent to an activating group) is 1. The van der Waals surface area contributed by atoms with E-state index in [0.29, 0.717) is 32.1 Å². The number of carbonyl (C=O) groups excluding carboxylic acids is 1. The summed E-state index contributed by atoms with van der Waals surface area (Å²) < 4.78 is 10.5. The Morgan fingerprint density at radius 2 is 2.09 bits per heavy atom. The minimum absolute atomic E-state index is 0.281. The Kier molecular flexibility index (Phi) is 7.11. The first kappa shape index (κ1) is 18.2. The van der Waals surface area contributed by atoms with Crippen molar-refractivity contribution in [3.05, 3.63) is 23.9 Å². The molecular formula is C16H27N3O3. The lowest BCUT2D eigenvalue weighted by Gasteiger charge is -2.26. The van der Waals surface area contributed by atoms with Crippen LogP contribution in [0.25, 0.3) is 0 Å². The quantitative estimate of drug-likeness (QED) is 0.784. The van der Waals surface area contributed by atoms with E-state index in [-0.39, 0.29) is 6.09 Å². The number of pyridine rings is 1. The van der Waals surface area contributed by atoms with Gasteiger partial charge in [0.25, 0.3) is 0 Å². The molecule has 0 unspecified atom stereocenters. The van der Waals surface area contributed by atoms with Gasteiger partial charge in [-0.05, 0) is 33.8 Å². The molecule has 6 nitrogen and oxygen atoms in total. The number of rotatable bonds is 7. The number of amides is 1. The molecular weight excluding hydrogens is 282 g/mol. The molecule has 0 fully saturated rings. The third kappa shape index (κ3) is 6.76. The van der Waals surface area contributed by atoms with Crippen molar-refractivity contribution in [1.29, 1.82) is 0 Å². The number of hydrogen-bond acceptors (Lipinski definition) is 5. The number of methoxy groups -OCH3 is 1. The fraction of sp³-hybridized carbons (Fsp3) is 0.625. The van der Waals surface area contributed by atoms with Crippen LogP contribution in [0.4, 0.5) is 4.79 Å². The molecule has 0 saturated heterocycles. The SMILES string of the molecule is CCN(CCNCc1cccc(OC)n1)C(=O)OC(C)(C)C. The molecule has 0 bridgehead atoms. The summed E-state index contributed by atoms with van der Waals surface area (Å²) >= 11 is 0. The highest BCUT2D eigenvalue weighted by Gasteiger charge is 2.20. The number of hydrogen-bond donors (Lipinski definition) is 1. The summed E-state index contributed by atoms with van der Waals surface area (Å²) in [4.78, 5) is 18.0. The van der Waals surface area contributed by atoms with E-state index in [9.17, 15) is 4.79 Å². The minimum atomic E-state index is -0.470. The lowest BCUT2D eigenvalue weighted by molar-refractivity contribution is 0.0262. The van der Waals surface area contributed by atoms with Gasteiger partial charge in [-0.25, -0.2) is 9.78 Å². The van der Waals surface area contributed by atoms with Crippen molar-refractivity contribution < 1.29 is 14.3 Å². The van der Waals surface area contributed by atoms with Gasteiger partial charge in [-0.1, -0.05) is 6.07 Å². The average molecular weight is 309 g/mol. The zero-order chi connectivity index (χ0) is 16.6. The molecule has 1 rings (SSSR count). The summed E-state index contributed by atoms with van der Waals surface area (Å²) in [6.07, 6.45) is -0.281. The molecule has 0 spiro atoms. The van der Waals surface area contributed by atoms with Gasteiger partial charge in [-0.3, -0.25) is 0 Å². The van der Waals surface area contributed by atoms with Gasteiger partial charge in [-0.15, -0.1) is 0 Å². The molecule has 22 heavy (non-hydrogen) atoms. The zero-order valence-electron chi connectivity index (χ0n) is 14.2. The smallest absolute Gasteiger partial charge is 0.410 e. The maximum absolute atomic E-state index is 12.0. The van der Waals surface area contributed by atoms with Crippen LogP contribution in [0.2, 0.25) is 0 Å². The molecule has 0 radical (unpaired) electrons. The normalized spacial score (nSPS) is 11.1. The first-order valence-corrected chi connectivity index (χ1v) is 7.54. The molecule has 0 aromatic carbocycles. The van der Waals surface area contributed by atoms with Gasteiger partial charge in [0.2, 0.25) is 5.88 Å². The van der Waals surface area contributed by atoms with Gasteiger partial charge in [0.15, 0.2) is 0 Å². The van der Waals surface area contributed by atoms with E-state index >= 15 is 0 Å². The Bertz CT molecular complexity index is 472. The van der Waals surface area contributed by atoms with Crippen molar-refractivity contribution in [1.82, 2.24) is 15.2 Å². The van der Waals surface area contributed by atoms with E-state index in [1.165, 1.54) is 0 Å². The van der Waals surface area contributed by atoms with E-state index in [2.05, 4.69) is 10.3 Å². The molecule has 0 aliphatic rings. The Hall–Kier alpha value is -1.82. The van der Waals surface area contributed by atoms with Crippen molar-refractivity contribution >= 4 is 6.09 Å². The van der Waals surface area contributed by atoms with Crippen molar-refractivity contribution in [3.63, 3.8) is 0 Å². The van der Waals surface area contributed by atoms with Crippen LogP contribution in [-0.4, -0.2) is 48.3 Å². The topological polar surface area (TPSA) is 63.7 Å². The van der Waals surface area contributed by atoms with Crippen LogP contribution < -0.4 is 10.1 Å². The lowest BCUT2D eigenvalue weighted by atomic mass is 10.2. The van der Waals surface area contributed by atoms with Crippen LogP contribution in [0.3, 0.4) is 0 Å². The molecule has 0 saturated carbocycles. The number of nitrogens with one attached hydrogen (secondary N) is 1. The van der Waals surface area contributed by atoms with Crippen LogP contribution in [0.15, 0.2) is 18.2 Å². The van der Waals surface area contributed by atoms with Gasteiger partial charge in [0.1, 0.15) is 5.60 Å². The number of ether oxygens (including phenoxy) is 2. The van der Waals surface area contributed by atoms with E-state index in [1.54, 1.807) is 12.0 Å². The summed E-state index contributed by atoms with van der Waals surface area (Å²) in [5.74, 6) is 0.600. The Labute approximate surface area is 132 Å². The summed E-state index contributed by atoms with van der Waals surface area (Å²) in [5.41, 5.74) is 0.433. The van der Waals surface area contributed by atoms with E-state index in [0.717, 1.165) is 5.69 Å². The van der Waals surface area contributed by atoms with Gasteiger partial charge in [0.05, 0.1) is 12.8 Å². The number of aromatic nitrogens is 1. The molecule has 1 N–H and O–H groups in total. The predicted octanol–water partition coefficient (Wildman–Crippen LogP) is 2.44. The van der Waals surface area contributed by atoms with Crippen LogP contribution in [-0.2, 0) is 11.3 Å². The van der Waals surface area contributed by atoms with Gasteiger partial charge in [0, 0.05) is 32.2 Å². The Balaban J connectivity index is 2.36. The monoisotopic (exact) mass is 309 g/mol. The van der Waals surface area contributed by atoms with Crippen molar-refractivity contribution in [2.75, 3.05) is 26.7 Å². The average Bonchev–Trinajstić information content (AvgIpc) is 2.45. The second kappa shape index (κ2) is 8.58. The zero-order valence-corrected chi connectivity index (χ0v) is 14.2. The largest absolute Gasteiger partial charge is 0.481 e. The number of nitrogens with zero attached hydrogens (tertiary/aromatic N) is 2. The van der Waals surface area contributed by atoms with Crippen LogP contribution in [0.1, 0.15) is 33.4 Å². The molecule has 6 heteroatoms. The molecule has 1 amide bonds. The summed E-state index contributed by atoms with van der Waals surface area (Å²) in [6.45, 7) is 10.0. The Morgan fingerprint density at radius 1 is 1.36 bits per heavy atom. The van der Waals surface area contributed by atoms with E-state index < -0.39 is 5.60 Å². The maximum atomic E-state index is 12.0. The van der Waals surface area contributed by atoms with Crippen molar-refractivity contribution in [3.8, 4) is 5.88 Å². The molecule has 1 heterocycles. The molecule has 0 aliphatic carbocycles. The van der Waals surface area contributed by atoms with Crippen LogP contribution in [0.5, 0.6) is 5.88 Å². The lowest BCUT2D eigenvalue weighted by Crippen LogP contribution is -2.40. The molecule has 0 aliphatic heterocycles. The Morgan fingerprint density at radius 3 is 2.68 bits per heavy atom. The van der Waals surface area contributed by atoms with Gasteiger partial charge < -0.3 is 19.7 Å². The summed E-state index contributed by atoms with van der Waals surface area (Å²) in [5, 5.41) is 3.27. The standard InChI is InChI=1S/C16H27N3O3/c1-6-19(15(20)22-16(2,3)4)11-10-17-12-13-8-7-9-14(18-13)21-5/h7-9,17H,6,10-12H2,1-5H3. The van der Waals surface area contributed by atoms with Gasteiger partial charge >= 0.3 is 6.09 Å². The highest BCUT2D eigenvalue weighted by Crippen LogP contribution is 2.09. The highest BCUT2D eigenvalue weighted by molar-refractivity contribution is 5.68. The molecule has 124 valence electrons. The van der Waals surface area contributed by atoms with Crippen LogP contribution >= 0.6 is 0 Å². The summed E-state index contributed by atoms with van der Waals surface area (Å²) in [7, 11) is 1.60. The van der Waals surface area contributed by atoms with E-state index in [4.69, 9.17) is 9.47 Å². The second-order valence-electron chi connectivity index (χ2n) is 5.91. The first-order valence-electron chi connectivity index (χ1n) is 7.54. The maximum Gasteiger partial charge on any atom is 0.410 e. The molecule has 1 aromatic heterocycles.